The van der Waals surface area contributed by atoms with Crippen molar-refractivity contribution in [2.75, 3.05) is 25.2 Å². The normalized spacial score (nSPS) is 10.9. The minimum Gasteiger partial charge on any atom is -0.383 e. The first-order valence-corrected chi connectivity index (χ1v) is 6.15. The Bertz CT molecular complexity index is 350. The molecule has 0 aromatic heterocycles. The van der Waals surface area contributed by atoms with E-state index in [0.717, 1.165) is 13.2 Å². The molecule has 1 rings (SSSR count). The summed E-state index contributed by atoms with van der Waals surface area (Å²) in [6.07, 6.45) is 0. The zero-order valence-electron chi connectivity index (χ0n) is 11.4. The number of hydrogen-bond acceptors (Lipinski definition) is 3. The van der Waals surface area contributed by atoms with E-state index in [4.69, 9.17) is 10.5 Å². The molecule has 3 nitrogen and oxygen atoms in total. The summed E-state index contributed by atoms with van der Waals surface area (Å²) in [6, 6.07) is 6.89. The summed E-state index contributed by atoms with van der Waals surface area (Å²) in [5.41, 5.74) is 9.38. The molecule has 0 spiro atoms. The predicted molar refractivity (Wildman–Crippen MR) is 73.4 cm³/mol. The van der Waals surface area contributed by atoms with E-state index in [1.165, 1.54) is 16.8 Å². The molecule has 96 valence electrons. The van der Waals surface area contributed by atoms with E-state index >= 15 is 0 Å². The molecule has 0 aliphatic rings. The third-order valence-electron chi connectivity index (χ3n) is 2.97. The van der Waals surface area contributed by atoms with Crippen molar-refractivity contribution in [1.29, 1.82) is 0 Å². The number of nitrogens with two attached hydrogens (primary N) is 1. The molecular formula is C14H24N2O. The summed E-state index contributed by atoms with van der Waals surface area (Å²) in [7, 11) is 1.74. The zero-order valence-corrected chi connectivity index (χ0v) is 11.4. The molecule has 0 radical (unpaired) electrons. The minimum atomic E-state index is 0.465. The van der Waals surface area contributed by atoms with E-state index in [9.17, 15) is 0 Å². The first-order chi connectivity index (χ1) is 8.10. The van der Waals surface area contributed by atoms with Gasteiger partial charge in [-0.15, -0.1) is 0 Å². The Labute approximate surface area is 105 Å². The second kappa shape index (κ2) is 6.62. The summed E-state index contributed by atoms with van der Waals surface area (Å²) in [5, 5.41) is 0. The maximum Gasteiger partial charge on any atom is 0.0637 e. The van der Waals surface area contributed by atoms with E-state index in [-0.39, 0.29) is 0 Å². The van der Waals surface area contributed by atoms with Crippen LogP contribution in [0.4, 0.5) is 5.69 Å². The number of aryl methyl sites for hydroxylation is 1. The van der Waals surface area contributed by atoms with Gasteiger partial charge in [0.1, 0.15) is 0 Å². The van der Waals surface area contributed by atoms with Gasteiger partial charge in [0.05, 0.1) is 6.61 Å². The van der Waals surface area contributed by atoms with Gasteiger partial charge in [0, 0.05) is 31.9 Å². The van der Waals surface area contributed by atoms with Crippen LogP contribution >= 0.6 is 0 Å². The van der Waals surface area contributed by atoms with Crippen LogP contribution in [0.5, 0.6) is 0 Å². The molecule has 0 saturated carbocycles. The molecule has 0 atom stereocenters. The van der Waals surface area contributed by atoms with Gasteiger partial charge in [-0.1, -0.05) is 12.1 Å². The molecule has 0 amide bonds. The molecule has 0 unspecified atom stereocenters. The largest absolute Gasteiger partial charge is 0.383 e. The Morgan fingerprint density at radius 3 is 2.53 bits per heavy atom. The number of benzene rings is 1. The van der Waals surface area contributed by atoms with Gasteiger partial charge < -0.3 is 15.4 Å². The van der Waals surface area contributed by atoms with E-state index in [2.05, 4.69) is 43.9 Å². The fourth-order valence-corrected chi connectivity index (χ4v) is 2.01. The zero-order chi connectivity index (χ0) is 12.8. The highest BCUT2D eigenvalue weighted by Crippen LogP contribution is 2.23. The number of rotatable bonds is 6. The van der Waals surface area contributed by atoms with Crippen LogP contribution in [-0.2, 0) is 11.3 Å². The molecule has 0 heterocycles. The van der Waals surface area contributed by atoms with Crippen LogP contribution in [-0.4, -0.2) is 26.3 Å². The Kier molecular flexibility index (Phi) is 5.45. The van der Waals surface area contributed by atoms with Crippen molar-refractivity contribution in [3.8, 4) is 0 Å². The second-order valence-corrected chi connectivity index (χ2v) is 4.60. The molecule has 0 bridgehead atoms. The number of ether oxygens (including phenoxy) is 1. The van der Waals surface area contributed by atoms with Crippen LogP contribution in [0.3, 0.4) is 0 Å². The molecular weight excluding hydrogens is 212 g/mol. The van der Waals surface area contributed by atoms with Gasteiger partial charge in [0.15, 0.2) is 0 Å². The lowest BCUT2D eigenvalue weighted by Gasteiger charge is -2.30. The van der Waals surface area contributed by atoms with Crippen LogP contribution in [0, 0.1) is 6.92 Å². The fraction of sp³-hybridized carbons (Fsp3) is 0.571. The van der Waals surface area contributed by atoms with Gasteiger partial charge in [-0.05, 0) is 38.0 Å². The van der Waals surface area contributed by atoms with Crippen LogP contribution in [0.2, 0.25) is 0 Å². The molecule has 1 aromatic carbocycles. The van der Waals surface area contributed by atoms with Gasteiger partial charge in [-0.2, -0.15) is 0 Å². The molecule has 1 aromatic rings. The van der Waals surface area contributed by atoms with Crippen LogP contribution in [0.15, 0.2) is 18.2 Å². The summed E-state index contributed by atoms with van der Waals surface area (Å²) >= 11 is 0. The lowest BCUT2D eigenvalue weighted by atomic mass is 10.1. The van der Waals surface area contributed by atoms with E-state index in [1.807, 2.05) is 0 Å². The second-order valence-electron chi connectivity index (χ2n) is 4.60. The number of nitrogens with zero attached hydrogens (tertiary/aromatic N) is 1. The summed E-state index contributed by atoms with van der Waals surface area (Å²) < 4.78 is 5.17. The quantitative estimate of drug-likeness (QED) is 0.823. The predicted octanol–water partition coefficient (Wildman–Crippen LogP) is 2.31. The number of anilines is 1. The average Bonchev–Trinajstić information content (AvgIpc) is 2.30. The molecule has 0 saturated heterocycles. The van der Waals surface area contributed by atoms with Crippen molar-refractivity contribution in [3.05, 3.63) is 29.3 Å². The Morgan fingerprint density at radius 1 is 1.35 bits per heavy atom. The first-order valence-electron chi connectivity index (χ1n) is 6.15. The Hall–Kier alpha value is -1.06. The summed E-state index contributed by atoms with van der Waals surface area (Å²) in [6.45, 7) is 8.79. The maximum atomic E-state index is 5.65. The lowest BCUT2D eigenvalue weighted by Crippen LogP contribution is -2.34. The molecule has 0 aliphatic heterocycles. The number of hydrogen-bond donors (Lipinski definition) is 1. The molecule has 17 heavy (non-hydrogen) atoms. The van der Waals surface area contributed by atoms with Crippen LogP contribution in [0.25, 0.3) is 0 Å². The van der Waals surface area contributed by atoms with Gasteiger partial charge in [0.2, 0.25) is 0 Å². The molecule has 2 N–H and O–H groups in total. The highest BCUT2D eigenvalue weighted by atomic mass is 16.5. The van der Waals surface area contributed by atoms with E-state index in [0.29, 0.717) is 12.6 Å². The van der Waals surface area contributed by atoms with Crippen molar-refractivity contribution >= 4 is 5.69 Å². The Morgan fingerprint density at radius 2 is 2.06 bits per heavy atom. The lowest BCUT2D eigenvalue weighted by molar-refractivity contribution is 0.204. The van der Waals surface area contributed by atoms with Crippen molar-refractivity contribution in [1.82, 2.24) is 0 Å². The monoisotopic (exact) mass is 236 g/mol. The maximum absolute atomic E-state index is 5.65. The molecule has 0 aliphatic carbocycles. The topological polar surface area (TPSA) is 38.5 Å². The fourth-order valence-electron chi connectivity index (χ4n) is 2.01. The SMILES string of the molecule is COCCN(c1ccc(CN)cc1C)C(C)C. The van der Waals surface area contributed by atoms with Gasteiger partial charge in [-0.25, -0.2) is 0 Å². The van der Waals surface area contributed by atoms with E-state index < -0.39 is 0 Å². The van der Waals surface area contributed by atoms with Crippen molar-refractivity contribution < 1.29 is 4.74 Å². The van der Waals surface area contributed by atoms with Gasteiger partial charge >= 0.3 is 0 Å². The van der Waals surface area contributed by atoms with Crippen LogP contribution in [0.1, 0.15) is 25.0 Å². The minimum absolute atomic E-state index is 0.465. The summed E-state index contributed by atoms with van der Waals surface area (Å²) in [5.74, 6) is 0. The van der Waals surface area contributed by atoms with E-state index in [1.54, 1.807) is 7.11 Å². The third kappa shape index (κ3) is 3.72. The van der Waals surface area contributed by atoms with Gasteiger partial charge in [-0.3, -0.25) is 0 Å². The number of methoxy groups -OCH3 is 1. The van der Waals surface area contributed by atoms with Crippen molar-refractivity contribution in [2.24, 2.45) is 5.73 Å². The van der Waals surface area contributed by atoms with Crippen molar-refractivity contribution in [3.63, 3.8) is 0 Å². The average molecular weight is 236 g/mol. The molecule has 3 heteroatoms. The highest BCUT2D eigenvalue weighted by molar-refractivity contribution is 5.55. The Balaban J connectivity index is 2.93. The van der Waals surface area contributed by atoms with Crippen LogP contribution < -0.4 is 10.6 Å². The third-order valence-corrected chi connectivity index (χ3v) is 2.97. The molecule has 0 fully saturated rings. The standard InChI is InChI=1S/C14H24N2O/c1-11(2)16(7-8-17-4)14-6-5-13(10-15)9-12(14)3/h5-6,9,11H,7-8,10,15H2,1-4H3. The highest BCUT2D eigenvalue weighted by Gasteiger charge is 2.12. The van der Waals surface area contributed by atoms with Gasteiger partial charge in [0.25, 0.3) is 0 Å². The smallest absolute Gasteiger partial charge is 0.0637 e. The summed E-state index contributed by atoms with van der Waals surface area (Å²) in [4.78, 5) is 2.36. The van der Waals surface area contributed by atoms with Crippen molar-refractivity contribution in [2.45, 2.75) is 33.4 Å². The first kappa shape index (κ1) is 14.0.